The Bertz CT molecular complexity index is 901. The van der Waals surface area contributed by atoms with Crippen molar-refractivity contribution >= 4 is 21.6 Å². The Morgan fingerprint density at radius 1 is 1.25 bits per heavy atom. The van der Waals surface area contributed by atoms with Crippen molar-refractivity contribution in [3.63, 3.8) is 0 Å². The second-order valence-corrected chi connectivity index (χ2v) is 10.7. The molecule has 28 heavy (non-hydrogen) atoms. The summed E-state index contributed by atoms with van der Waals surface area (Å²) < 4.78 is 31.4. The van der Waals surface area contributed by atoms with Crippen LogP contribution in [0.5, 0.6) is 0 Å². The number of thioether (sulfide) groups is 1. The molecule has 0 N–H and O–H groups in total. The van der Waals surface area contributed by atoms with Crippen molar-refractivity contribution in [2.75, 3.05) is 37.0 Å². The average Bonchev–Trinajstić information content (AvgIpc) is 3.23. The van der Waals surface area contributed by atoms with Crippen LogP contribution in [0.25, 0.3) is 0 Å². The van der Waals surface area contributed by atoms with Crippen LogP contribution in [0.3, 0.4) is 0 Å². The molecular weight excluding hydrogens is 396 g/mol. The highest BCUT2D eigenvalue weighted by Crippen LogP contribution is 2.29. The molecule has 0 aliphatic carbocycles. The first-order valence-corrected chi connectivity index (χ1v) is 12.4. The van der Waals surface area contributed by atoms with Crippen LogP contribution in [0.4, 0.5) is 0 Å². The molecule has 9 heteroatoms. The standard InChI is InChI=1S/C19H26N4O3S2/c1-22-18(16-7-10-28(24,25)14-16)20-21-19(22)27-13-17-12-23(8-9-26-17)11-15-5-3-2-4-6-15/h2-6,16-17H,7-14H2,1H3/t16-,17+/m1/s1. The molecule has 0 spiro atoms. The second kappa shape index (κ2) is 8.52. The Balaban J connectivity index is 1.32. The molecule has 0 unspecified atom stereocenters. The van der Waals surface area contributed by atoms with Crippen molar-refractivity contribution in [1.82, 2.24) is 19.7 Å². The fraction of sp³-hybridized carbons (Fsp3) is 0.579. The third-order valence-corrected chi connectivity index (χ3v) is 8.26. The number of nitrogens with zero attached hydrogens (tertiary/aromatic N) is 4. The highest BCUT2D eigenvalue weighted by atomic mass is 32.2. The van der Waals surface area contributed by atoms with E-state index in [1.165, 1.54) is 5.56 Å². The summed E-state index contributed by atoms with van der Waals surface area (Å²) in [7, 11) is -1.00. The van der Waals surface area contributed by atoms with Gasteiger partial charge in [-0.25, -0.2) is 8.42 Å². The third-order valence-electron chi connectivity index (χ3n) is 5.34. The van der Waals surface area contributed by atoms with E-state index in [1.54, 1.807) is 11.8 Å². The Morgan fingerprint density at radius 2 is 2.07 bits per heavy atom. The van der Waals surface area contributed by atoms with Crippen molar-refractivity contribution in [2.45, 2.75) is 30.1 Å². The predicted octanol–water partition coefficient (Wildman–Crippen LogP) is 1.71. The van der Waals surface area contributed by atoms with Crippen molar-refractivity contribution in [3.8, 4) is 0 Å². The molecule has 0 bridgehead atoms. The SMILES string of the molecule is Cn1c(SC[C@@H]2CN(Cc3ccccc3)CCO2)nnc1[C@@H]1CCS(=O)(=O)C1. The van der Waals surface area contributed by atoms with E-state index in [1.807, 2.05) is 17.7 Å². The second-order valence-electron chi connectivity index (χ2n) is 7.52. The van der Waals surface area contributed by atoms with E-state index in [2.05, 4.69) is 39.4 Å². The number of ether oxygens (including phenoxy) is 1. The molecule has 7 nitrogen and oxygen atoms in total. The summed E-state index contributed by atoms with van der Waals surface area (Å²) >= 11 is 1.63. The lowest BCUT2D eigenvalue weighted by molar-refractivity contribution is -0.0187. The van der Waals surface area contributed by atoms with Crippen LogP contribution < -0.4 is 0 Å². The minimum absolute atomic E-state index is 0.0378. The van der Waals surface area contributed by atoms with Crippen molar-refractivity contribution in [3.05, 3.63) is 41.7 Å². The first-order chi connectivity index (χ1) is 13.5. The number of rotatable bonds is 6. The summed E-state index contributed by atoms with van der Waals surface area (Å²) in [6, 6.07) is 10.5. The van der Waals surface area contributed by atoms with Gasteiger partial charge in [0.1, 0.15) is 5.82 Å². The van der Waals surface area contributed by atoms with E-state index in [9.17, 15) is 8.42 Å². The summed E-state index contributed by atoms with van der Waals surface area (Å²) in [4.78, 5) is 2.43. The fourth-order valence-electron chi connectivity index (χ4n) is 3.84. The summed E-state index contributed by atoms with van der Waals surface area (Å²) in [6.45, 7) is 3.52. The van der Waals surface area contributed by atoms with Gasteiger partial charge in [-0.3, -0.25) is 4.90 Å². The minimum atomic E-state index is -2.93. The molecule has 3 heterocycles. The summed E-state index contributed by atoms with van der Waals surface area (Å²) in [6.07, 6.45) is 0.786. The Kier molecular flexibility index (Phi) is 6.05. The van der Waals surface area contributed by atoms with Crippen LogP contribution in [-0.2, 0) is 28.2 Å². The Hall–Kier alpha value is -1.42. The molecule has 1 aromatic carbocycles. The van der Waals surface area contributed by atoms with Gasteiger partial charge in [0.15, 0.2) is 15.0 Å². The zero-order valence-electron chi connectivity index (χ0n) is 16.0. The lowest BCUT2D eigenvalue weighted by atomic mass is 10.1. The van der Waals surface area contributed by atoms with Crippen molar-refractivity contribution < 1.29 is 13.2 Å². The Morgan fingerprint density at radius 3 is 2.82 bits per heavy atom. The molecule has 2 fully saturated rings. The van der Waals surface area contributed by atoms with Gasteiger partial charge >= 0.3 is 0 Å². The maximum atomic E-state index is 11.7. The first kappa shape index (κ1) is 19.9. The van der Waals surface area contributed by atoms with Crippen LogP contribution in [0, 0.1) is 0 Å². The van der Waals surface area contributed by atoms with Gasteiger partial charge in [-0.15, -0.1) is 10.2 Å². The van der Waals surface area contributed by atoms with E-state index in [4.69, 9.17) is 4.74 Å². The molecule has 2 saturated heterocycles. The molecule has 0 saturated carbocycles. The van der Waals surface area contributed by atoms with Crippen molar-refractivity contribution in [2.24, 2.45) is 7.05 Å². The van der Waals surface area contributed by atoms with Crippen LogP contribution in [0.1, 0.15) is 23.7 Å². The number of morpholine rings is 1. The van der Waals surface area contributed by atoms with Gasteiger partial charge in [-0.2, -0.15) is 0 Å². The summed E-state index contributed by atoms with van der Waals surface area (Å²) in [5.41, 5.74) is 1.32. The van der Waals surface area contributed by atoms with E-state index in [-0.39, 0.29) is 23.5 Å². The molecule has 2 aromatic rings. The molecule has 2 aliphatic rings. The van der Waals surface area contributed by atoms with Gasteiger partial charge in [-0.05, 0) is 12.0 Å². The highest BCUT2D eigenvalue weighted by Gasteiger charge is 2.32. The molecular formula is C19H26N4O3S2. The number of aromatic nitrogens is 3. The summed E-state index contributed by atoms with van der Waals surface area (Å²) in [5, 5.41) is 9.39. The lowest BCUT2D eigenvalue weighted by Crippen LogP contribution is -2.43. The first-order valence-electron chi connectivity index (χ1n) is 9.60. The monoisotopic (exact) mass is 422 g/mol. The molecule has 152 valence electrons. The number of hydrogen-bond donors (Lipinski definition) is 0. The normalized spacial score (nSPS) is 25.2. The van der Waals surface area contributed by atoms with Gasteiger partial charge in [0.2, 0.25) is 0 Å². The molecule has 0 amide bonds. The zero-order chi connectivity index (χ0) is 19.6. The predicted molar refractivity (Wildman–Crippen MR) is 109 cm³/mol. The molecule has 2 aliphatic heterocycles. The van der Waals surface area contributed by atoms with E-state index >= 15 is 0 Å². The van der Waals surface area contributed by atoms with Gasteiger partial charge in [0.25, 0.3) is 0 Å². The van der Waals surface area contributed by atoms with Gasteiger partial charge < -0.3 is 9.30 Å². The van der Waals surface area contributed by atoms with Gasteiger partial charge in [0, 0.05) is 38.4 Å². The average molecular weight is 423 g/mol. The molecule has 0 radical (unpaired) electrons. The van der Waals surface area contributed by atoms with Crippen LogP contribution >= 0.6 is 11.8 Å². The highest BCUT2D eigenvalue weighted by molar-refractivity contribution is 7.99. The quantitative estimate of drug-likeness (QED) is 0.656. The van der Waals surface area contributed by atoms with Crippen LogP contribution in [-0.4, -0.2) is 71.1 Å². The van der Waals surface area contributed by atoms with Crippen molar-refractivity contribution in [1.29, 1.82) is 0 Å². The molecule has 4 rings (SSSR count). The van der Waals surface area contributed by atoms with E-state index in [0.717, 1.165) is 43.0 Å². The number of benzene rings is 1. The third kappa shape index (κ3) is 4.76. The van der Waals surface area contributed by atoms with Crippen LogP contribution in [0.15, 0.2) is 35.5 Å². The van der Waals surface area contributed by atoms with Gasteiger partial charge in [-0.1, -0.05) is 42.1 Å². The Labute approximate surface area is 170 Å². The van der Waals surface area contributed by atoms with Gasteiger partial charge in [0.05, 0.1) is 24.2 Å². The number of sulfone groups is 1. The zero-order valence-corrected chi connectivity index (χ0v) is 17.7. The minimum Gasteiger partial charge on any atom is -0.375 e. The smallest absolute Gasteiger partial charge is 0.191 e. The maximum absolute atomic E-state index is 11.7. The van der Waals surface area contributed by atoms with E-state index < -0.39 is 9.84 Å². The fourth-order valence-corrected chi connectivity index (χ4v) is 6.50. The van der Waals surface area contributed by atoms with E-state index in [0.29, 0.717) is 6.42 Å². The summed E-state index contributed by atoms with van der Waals surface area (Å²) in [5.74, 6) is 1.98. The topological polar surface area (TPSA) is 77.3 Å². The molecule has 2 atom stereocenters. The number of hydrogen-bond acceptors (Lipinski definition) is 7. The molecule has 1 aromatic heterocycles. The largest absolute Gasteiger partial charge is 0.375 e. The lowest BCUT2D eigenvalue weighted by Gasteiger charge is -2.32. The van der Waals surface area contributed by atoms with Crippen LogP contribution in [0.2, 0.25) is 0 Å². The maximum Gasteiger partial charge on any atom is 0.191 e.